The number of nitrogens with one attached hydrogen (secondary N) is 1. The van der Waals surface area contributed by atoms with Crippen molar-refractivity contribution in [2.24, 2.45) is 17.8 Å². The van der Waals surface area contributed by atoms with Gasteiger partial charge in [-0.25, -0.2) is 0 Å². The Labute approximate surface area is 217 Å². The molecular weight excluding hydrogens is 458 g/mol. The number of likely N-dealkylation sites (N-methyl/N-ethyl adjacent to an activating group) is 1. The first kappa shape index (κ1) is 30.1. The van der Waals surface area contributed by atoms with Gasteiger partial charge in [-0.1, -0.05) is 19.9 Å². The second-order valence-electron chi connectivity index (χ2n) is 10.8. The van der Waals surface area contributed by atoms with Crippen LogP contribution in [-0.4, -0.2) is 92.4 Å². The SMILES string of the molecule is COCCCOc1cc(C(=O)N(C[C@@H]2CNC[C@H]2CN(C)C(=O)C(O)CC(C)C)C(C)C)ccc1C. The first-order valence-corrected chi connectivity index (χ1v) is 13.2. The fourth-order valence-corrected chi connectivity index (χ4v) is 4.68. The largest absolute Gasteiger partial charge is 0.493 e. The van der Waals surface area contributed by atoms with Gasteiger partial charge in [-0.15, -0.1) is 0 Å². The molecule has 1 fully saturated rings. The molecule has 1 aliphatic rings. The molecule has 1 saturated heterocycles. The number of carbonyl (C=O) groups excluding carboxylic acids is 2. The van der Waals surface area contributed by atoms with E-state index in [2.05, 4.69) is 5.32 Å². The van der Waals surface area contributed by atoms with E-state index in [-0.39, 0.29) is 35.6 Å². The second-order valence-corrected chi connectivity index (χ2v) is 10.8. The molecule has 1 aromatic carbocycles. The molecule has 0 aromatic heterocycles. The molecule has 0 aliphatic carbocycles. The summed E-state index contributed by atoms with van der Waals surface area (Å²) < 4.78 is 11.0. The molecule has 1 heterocycles. The fourth-order valence-electron chi connectivity index (χ4n) is 4.68. The minimum absolute atomic E-state index is 0.0193. The number of aryl methyl sites for hydroxylation is 1. The third kappa shape index (κ3) is 8.75. The summed E-state index contributed by atoms with van der Waals surface area (Å²) in [5.74, 6) is 1.14. The van der Waals surface area contributed by atoms with Gasteiger partial charge in [0.25, 0.3) is 11.8 Å². The van der Waals surface area contributed by atoms with Gasteiger partial charge in [0.15, 0.2) is 0 Å². The van der Waals surface area contributed by atoms with E-state index < -0.39 is 6.10 Å². The number of hydrogen-bond acceptors (Lipinski definition) is 6. The summed E-state index contributed by atoms with van der Waals surface area (Å²) in [6, 6.07) is 5.66. The van der Waals surface area contributed by atoms with Gasteiger partial charge in [0.1, 0.15) is 11.9 Å². The summed E-state index contributed by atoms with van der Waals surface area (Å²) in [6.45, 7) is 13.9. The van der Waals surface area contributed by atoms with Crippen molar-refractivity contribution >= 4 is 11.8 Å². The summed E-state index contributed by atoms with van der Waals surface area (Å²) in [5.41, 5.74) is 1.61. The van der Waals surface area contributed by atoms with Gasteiger partial charge >= 0.3 is 0 Å². The highest BCUT2D eigenvalue weighted by atomic mass is 16.5. The molecule has 2 N–H and O–H groups in total. The van der Waals surface area contributed by atoms with Crippen LogP contribution in [-0.2, 0) is 9.53 Å². The van der Waals surface area contributed by atoms with E-state index in [9.17, 15) is 14.7 Å². The molecule has 2 amide bonds. The van der Waals surface area contributed by atoms with Gasteiger partial charge in [0, 0.05) is 65.0 Å². The van der Waals surface area contributed by atoms with Crippen molar-refractivity contribution in [2.75, 3.05) is 53.6 Å². The quantitative estimate of drug-likeness (QED) is 0.378. The average Bonchev–Trinajstić information content (AvgIpc) is 3.26. The number of carbonyl (C=O) groups is 2. The normalized spacial score (nSPS) is 18.5. The van der Waals surface area contributed by atoms with E-state index >= 15 is 0 Å². The monoisotopic (exact) mass is 505 g/mol. The first-order chi connectivity index (χ1) is 17.0. The maximum absolute atomic E-state index is 13.6. The topological polar surface area (TPSA) is 91.3 Å². The predicted octanol–water partition coefficient (Wildman–Crippen LogP) is 2.96. The van der Waals surface area contributed by atoms with Crippen LogP contribution in [0.15, 0.2) is 18.2 Å². The number of benzene rings is 1. The van der Waals surface area contributed by atoms with Gasteiger partial charge in [0.2, 0.25) is 0 Å². The van der Waals surface area contributed by atoms with E-state index in [1.165, 1.54) is 0 Å². The number of nitrogens with zero attached hydrogens (tertiary/aromatic N) is 2. The Hall–Kier alpha value is -2.16. The zero-order valence-corrected chi connectivity index (χ0v) is 23.3. The van der Waals surface area contributed by atoms with Crippen LogP contribution in [0.25, 0.3) is 0 Å². The molecule has 1 aliphatic heterocycles. The highest BCUT2D eigenvalue weighted by molar-refractivity contribution is 5.95. The van der Waals surface area contributed by atoms with Crippen LogP contribution in [0.1, 0.15) is 56.5 Å². The molecule has 8 nitrogen and oxygen atoms in total. The molecule has 3 atom stereocenters. The summed E-state index contributed by atoms with van der Waals surface area (Å²) in [5, 5.41) is 13.7. The Morgan fingerprint density at radius 1 is 1.11 bits per heavy atom. The summed E-state index contributed by atoms with van der Waals surface area (Å²) in [4.78, 5) is 29.8. The number of ether oxygens (including phenoxy) is 2. The molecule has 0 radical (unpaired) electrons. The van der Waals surface area contributed by atoms with Crippen LogP contribution in [0.4, 0.5) is 0 Å². The first-order valence-electron chi connectivity index (χ1n) is 13.2. The standard InChI is InChI=1S/C28H47N3O5/c1-19(2)13-25(32)28(34)30(6)17-23-15-29-16-24(23)18-31(20(3)4)27(33)22-10-9-21(5)26(14-22)36-12-8-11-35-7/h9-10,14,19-20,23-25,29,32H,8,11-13,15-18H2,1-7H3/t23-,24-,25?/m0/s1. The third-order valence-electron chi connectivity index (χ3n) is 6.84. The van der Waals surface area contributed by atoms with Gasteiger partial charge in [-0.3, -0.25) is 9.59 Å². The van der Waals surface area contributed by atoms with Crippen molar-refractivity contribution in [1.82, 2.24) is 15.1 Å². The minimum Gasteiger partial charge on any atom is -0.493 e. The number of methoxy groups -OCH3 is 1. The predicted molar refractivity (Wildman–Crippen MR) is 142 cm³/mol. The van der Waals surface area contributed by atoms with Crippen molar-refractivity contribution in [3.05, 3.63) is 29.3 Å². The van der Waals surface area contributed by atoms with Gasteiger partial charge in [-0.05, 0) is 62.6 Å². The zero-order chi connectivity index (χ0) is 26.8. The lowest BCUT2D eigenvalue weighted by Crippen LogP contribution is -2.45. The van der Waals surface area contributed by atoms with Crippen LogP contribution in [0.5, 0.6) is 5.75 Å². The van der Waals surface area contributed by atoms with Gasteiger partial charge in [-0.2, -0.15) is 0 Å². The highest BCUT2D eigenvalue weighted by Crippen LogP contribution is 2.25. The number of aliphatic hydroxyl groups is 1. The number of amides is 2. The van der Waals surface area contributed by atoms with Crippen LogP contribution in [0, 0.1) is 24.7 Å². The molecular formula is C28H47N3O5. The summed E-state index contributed by atoms with van der Waals surface area (Å²) in [7, 11) is 3.43. The van der Waals surface area contributed by atoms with Gasteiger partial charge in [0.05, 0.1) is 6.61 Å². The summed E-state index contributed by atoms with van der Waals surface area (Å²) >= 11 is 0. The Morgan fingerprint density at radius 3 is 2.39 bits per heavy atom. The van der Waals surface area contributed by atoms with Crippen molar-refractivity contribution in [2.45, 2.75) is 59.6 Å². The minimum atomic E-state index is -0.969. The van der Waals surface area contributed by atoms with Gasteiger partial charge < -0.3 is 29.7 Å². The molecule has 1 aromatic rings. The third-order valence-corrected chi connectivity index (χ3v) is 6.84. The second kappa shape index (κ2) is 14.5. The molecule has 8 heteroatoms. The molecule has 36 heavy (non-hydrogen) atoms. The Kier molecular flexibility index (Phi) is 12.1. The number of rotatable bonds is 14. The van der Waals surface area contributed by atoms with E-state index in [1.807, 2.05) is 57.7 Å². The summed E-state index contributed by atoms with van der Waals surface area (Å²) in [6.07, 6.45) is 0.275. The molecule has 2 rings (SSSR count). The van der Waals surface area contributed by atoms with Crippen molar-refractivity contribution < 1.29 is 24.2 Å². The van der Waals surface area contributed by atoms with Crippen LogP contribution in [0.2, 0.25) is 0 Å². The van der Waals surface area contributed by atoms with Crippen molar-refractivity contribution in [1.29, 1.82) is 0 Å². The van der Waals surface area contributed by atoms with Crippen LogP contribution < -0.4 is 10.1 Å². The number of aliphatic hydroxyl groups excluding tert-OH is 1. The van der Waals surface area contributed by atoms with Crippen LogP contribution in [0.3, 0.4) is 0 Å². The van der Waals surface area contributed by atoms with E-state index in [4.69, 9.17) is 9.47 Å². The number of hydrogen-bond donors (Lipinski definition) is 2. The lowest BCUT2D eigenvalue weighted by molar-refractivity contribution is -0.140. The lowest BCUT2D eigenvalue weighted by atomic mass is 9.93. The maximum Gasteiger partial charge on any atom is 0.254 e. The zero-order valence-electron chi connectivity index (χ0n) is 23.3. The molecule has 0 spiro atoms. The van der Waals surface area contributed by atoms with Crippen molar-refractivity contribution in [3.63, 3.8) is 0 Å². The molecule has 204 valence electrons. The van der Waals surface area contributed by atoms with E-state index in [0.29, 0.717) is 38.3 Å². The van der Waals surface area contributed by atoms with Crippen molar-refractivity contribution in [3.8, 4) is 5.75 Å². The molecule has 0 saturated carbocycles. The Balaban J connectivity index is 2.07. The Morgan fingerprint density at radius 2 is 1.78 bits per heavy atom. The van der Waals surface area contributed by atoms with E-state index in [1.54, 1.807) is 19.1 Å². The average molecular weight is 506 g/mol. The highest BCUT2D eigenvalue weighted by Gasteiger charge is 2.34. The smallest absolute Gasteiger partial charge is 0.254 e. The maximum atomic E-state index is 13.6. The molecule has 1 unspecified atom stereocenters. The lowest BCUT2D eigenvalue weighted by Gasteiger charge is -2.33. The molecule has 0 bridgehead atoms. The fraction of sp³-hybridized carbons (Fsp3) is 0.714. The van der Waals surface area contributed by atoms with Crippen LogP contribution >= 0.6 is 0 Å². The van der Waals surface area contributed by atoms with E-state index in [0.717, 1.165) is 30.8 Å². The Bertz CT molecular complexity index is 844.